The molecule has 0 aliphatic rings. The van der Waals surface area contributed by atoms with Crippen LogP contribution in [0.2, 0.25) is 0 Å². The van der Waals surface area contributed by atoms with E-state index in [2.05, 4.69) is 32.2 Å². The molecule has 0 unspecified atom stereocenters. The molecular weight excluding hydrogens is 264 g/mol. The summed E-state index contributed by atoms with van der Waals surface area (Å²) in [7, 11) is 2.04. The first kappa shape index (κ1) is 15.2. The van der Waals surface area contributed by atoms with Gasteiger partial charge in [-0.05, 0) is 30.5 Å². The van der Waals surface area contributed by atoms with Gasteiger partial charge in [0.05, 0.1) is 0 Å². The Labute approximate surface area is 125 Å². The molecule has 0 amide bonds. The summed E-state index contributed by atoms with van der Waals surface area (Å²) >= 11 is 0. The third-order valence-corrected chi connectivity index (χ3v) is 3.41. The van der Waals surface area contributed by atoms with Gasteiger partial charge in [0.25, 0.3) is 0 Å². The highest BCUT2D eigenvalue weighted by Crippen LogP contribution is 2.23. The van der Waals surface area contributed by atoms with Gasteiger partial charge in [-0.3, -0.25) is 4.98 Å². The van der Waals surface area contributed by atoms with E-state index in [1.54, 1.807) is 6.33 Å². The van der Waals surface area contributed by atoms with Crippen molar-refractivity contribution in [2.45, 2.75) is 26.2 Å². The van der Waals surface area contributed by atoms with Crippen molar-refractivity contribution in [2.75, 3.05) is 23.9 Å². The average Bonchev–Trinajstić information content (AvgIpc) is 2.54. The number of pyridine rings is 1. The minimum Gasteiger partial charge on any atom is -0.359 e. The van der Waals surface area contributed by atoms with Gasteiger partial charge in [-0.2, -0.15) is 0 Å². The quantitative estimate of drug-likeness (QED) is 0.596. The molecule has 0 aliphatic heterocycles. The molecule has 0 aliphatic carbocycles. The van der Waals surface area contributed by atoms with Crippen molar-refractivity contribution < 1.29 is 0 Å². The standard InChI is InChI=1S/C15H22N6/c1-3-4-13-14(20-16)18-11-19-15(13)21(2)10-7-12-5-8-17-9-6-12/h5-6,8-9,11H,3-4,7,10,16H2,1-2H3,(H,18,19,20). The molecule has 0 atom stereocenters. The van der Waals surface area contributed by atoms with Gasteiger partial charge in [-0.15, -0.1) is 0 Å². The van der Waals surface area contributed by atoms with E-state index in [1.165, 1.54) is 5.56 Å². The molecule has 0 spiro atoms. The predicted molar refractivity (Wildman–Crippen MR) is 85.0 cm³/mol. The van der Waals surface area contributed by atoms with Crippen LogP contribution in [0.15, 0.2) is 30.9 Å². The molecule has 0 bridgehead atoms. The molecule has 2 rings (SSSR count). The Hall–Kier alpha value is -2.21. The van der Waals surface area contributed by atoms with E-state index in [0.29, 0.717) is 5.82 Å². The number of hydrogen-bond donors (Lipinski definition) is 2. The molecule has 6 nitrogen and oxygen atoms in total. The maximum absolute atomic E-state index is 5.55. The molecule has 0 fully saturated rings. The van der Waals surface area contributed by atoms with Gasteiger partial charge < -0.3 is 10.3 Å². The minimum atomic E-state index is 0.706. The first-order valence-corrected chi connectivity index (χ1v) is 7.16. The van der Waals surface area contributed by atoms with Crippen molar-refractivity contribution in [3.8, 4) is 0 Å². The summed E-state index contributed by atoms with van der Waals surface area (Å²) in [5, 5.41) is 0. The third kappa shape index (κ3) is 3.88. The zero-order chi connectivity index (χ0) is 15.1. The summed E-state index contributed by atoms with van der Waals surface area (Å²) in [6.07, 6.45) is 8.05. The Balaban J connectivity index is 2.12. The number of anilines is 2. The second-order valence-electron chi connectivity index (χ2n) is 4.95. The molecule has 21 heavy (non-hydrogen) atoms. The van der Waals surface area contributed by atoms with Gasteiger partial charge >= 0.3 is 0 Å². The Kier molecular flexibility index (Phi) is 5.45. The van der Waals surface area contributed by atoms with Crippen LogP contribution in [-0.2, 0) is 12.8 Å². The summed E-state index contributed by atoms with van der Waals surface area (Å²) in [6.45, 7) is 3.01. The van der Waals surface area contributed by atoms with E-state index in [0.717, 1.165) is 37.2 Å². The van der Waals surface area contributed by atoms with Gasteiger partial charge in [0, 0.05) is 31.5 Å². The number of likely N-dealkylation sites (N-methyl/N-ethyl adjacent to an activating group) is 1. The highest BCUT2D eigenvalue weighted by Gasteiger charge is 2.13. The molecule has 2 aromatic heterocycles. The van der Waals surface area contributed by atoms with Crippen LogP contribution < -0.4 is 16.2 Å². The van der Waals surface area contributed by atoms with Gasteiger partial charge in [0.1, 0.15) is 18.0 Å². The highest BCUT2D eigenvalue weighted by atomic mass is 15.3. The topological polar surface area (TPSA) is 80.0 Å². The minimum absolute atomic E-state index is 0.706. The fourth-order valence-electron chi connectivity index (χ4n) is 2.29. The smallest absolute Gasteiger partial charge is 0.148 e. The monoisotopic (exact) mass is 286 g/mol. The Morgan fingerprint density at radius 2 is 1.95 bits per heavy atom. The van der Waals surface area contributed by atoms with Crippen LogP contribution in [0.4, 0.5) is 11.6 Å². The third-order valence-electron chi connectivity index (χ3n) is 3.41. The Morgan fingerprint density at radius 3 is 2.62 bits per heavy atom. The van der Waals surface area contributed by atoms with E-state index in [9.17, 15) is 0 Å². The van der Waals surface area contributed by atoms with E-state index in [4.69, 9.17) is 5.84 Å². The van der Waals surface area contributed by atoms with Crippen molar-refractivity contribution in [3.63, 3.8) is 0 Å². The number of nitrogen functional groups attached to an aromatic ring is 1. The van der Waals surface area contributed by atoms with Crippen LogP contribution >= 0.6 is 0 Å². The zero-order valence-corrected chi connectivity index (χ0v) is 12.6. The molecule has 112 valence electrons. The van der Waals surface area contributed by atoms with Gasteiger partial charge in [0.2, 0.25) is 0 Å². The number of aromatic nitrogens is 3. The lowest BCUT2D eigenvalue weighted by Crippen LogP contribution is -2.24. The molecular formula is C15H22N6. The number of nitrogens with two attached hydrogens (primary N) is 1. The van der Waals surface area contributed by atoms with Gasteiger partial charge in [0.15, 0.2) is 0 Å². The summed E-state index contributed by atoms with van der Waals surface area (Å²) in [5.41, 5.74) is 5.00. The molecule has 2 aromatic rings. The van der Waals surface area contributed by atoms with Crippen LogP contribution in [-0.4, -0.2) is 28.5 Å². The lowest BCUT2D eigenvalue weighted by atomic mass is 10.1. The number of nitrogens with one attached hydrogen (secondary N) is 1. The lowest BCUT2D eigenvalue weighted by Gasteiger charge is -2.22. The Morgan fingerprint density at radius 1 is 1.19 bits per heavy atom. The van der Waals surface area contributed by atoms with Crippen molar-refractivity contribution in [1.29, 1.82) is 0 Å². The molecule has 0 aromatic carbocycles. The molecule has 3 N–H and O–H groups in total. The fourth-order valence-corrected chi connectivity index (χ4v) is 2.29. The van der Waals surface area contributed by atoms with Crippen molar-refractivity contribution in [1.82, 2.24) is 15.0 Å². The fraction of sp³-hybridized carbons (Fsp3) is 0.400. The molecule has 6 heteroatoms. The SMILES string of the molecule is CCCc1c(NN)ncnc1N(C)CCc1ccncc1. The molecule has 0 saturated heterocycles. The summed E-state index contributed by atoms with van der Waals surface area (Å²) < 4.78 is 0. The molecule has 2 heterocycles. The second-order valence-corrected chi connectivity index (χ2v) is 4.95. The largest absolute Gasteiger partial charge is 0.359 e. The van der Waals surface area contributed by atoms with Crippen LogP contribution in [0.25, 0.3) is 0 Å². The Bertz CT molecular complexity index is 557. The van der Waals surface area contributed by atoms with Crippen molar-refractivity contribution >= 4 is 11.6 Å². The van der Waals surface area contributed by atoms with Crippen LogP contribution in [0.1, 0.15) is 24.5 Å². The first-order chi connectivity index (χ1) is 10.3. The van der Waals surface area contributed by atoms with E-state index < -0.39 is 0 Å². The summed E-state index contributed by atoms with van der Waals surface area (Å²) in [4.78, 5) is 14.8. The molecule has 0 radical (unpaired) electrons. The highest BCUT2D eigenvalue weighted by molar-refractivity contribution is 5.58. The normalized spacial score (nSPS) is 10.4. The van der Waals surface area contributed by atoms with E-state index >= 15 is 0 Å². The average molecular weight is 286 g/mol. The molecule has 0 saturated carbocycles. The lowest BCUT2D eigenvalue weighted by molar-refractivity contribution is 0.825. The van der Waals surface area contributed by atoms with Gasteiger partial charge in [-0.1, -0.05) is 13.3 Å². The van der Waals surface area contributed by atoms with Gasteiger partial charge in [-0.25, -0.2) is 15.8 Å². The van der Waals surface area contributed by atoms with E-state index in [-0.39, 0.29) is 0 Å². The summed E-state index contributed by atoms with van der Waals surface area (Å²) in [6, 6.07) is 4.07. The second kappa shape index (κ2) is 7.54. The van der Waals surface area contributed by atoms with Crippen LogP contribution in [0.3, 0.4) is 0 Å². The maximum atomic E-state index is 5.55. The number of hydrazine groups is 1. The first-order valence-electron chi connectivity index (χ1n) is 7.16. The predicted octanol–water partition coefficient (Wildman–Crippen LogP) is 1.79. The number of nitrogens with zero attached hydrogens (tertiary/aromatic N) is 4. The summed E-state index contributed by atoms with van der Waals surface area (Å²) in [5.74, 6) is 7.19. The maximum Gasteiger partial charge on any atom is 0.148 e. The van der Waals surface area contributed by atoms with Crippen LogP contribution in [0, 0.1) is 0 Å². The number of rotatable bonds is 7. The number of hydrogen-bond acceptors (Lipinski definition) is 6. The van der Waals surface area contributed by atoms with Crippen LogP contribution in [0.5, 0.6) is 0 Å². The van der Waals surface area contributed by atoms with Crippen molar-refractivity contribution in [2.24, 2.45) is 5.84 Å². The zero-order valence-electron chi connectivity index (χ0n) is 12.6. The van der Waals surface area contributed by atoms with Crippen molar-refractivity contribution in [3.05, 3.63) is 42.0 Å². The van der Waals surface area contributed by atoms with E-state index in [1.807, 2.05) is 31.6 Å².